The summed E-state index contributed by atoms with van der Waals surface area (Å²) in [5.74, 6) is 1.54. The fourth-order valence-corrected chi connectivity index (χ4v) is 7.71. The number of nitrogens with zero attached hydrogens (tertiary/aromatic N) is 3. The van der Waals surface area contributed by atoms with E-state index < -0.39 is 7.14 Å². The summed E-state index contributed by atoms with van der Waals surface area (Å²) >= 11 is 0. The lowest BCUT2D eigenvalue weighted by Gasteiger charge is -2.15. The van der Waals surface area contributed by atoms with Gasteiger partial charge in [0, 0.05) is 32.5 Å². The zero-order chi connectivity index (χ0) is 31.1. The molecule has 0 aliphatic rings. The lowest BCUT2D eigenvalue weighted by Crippen LogP contribution is -2.15. The molecule has 8 aromatic rings. The second-order valence-electron chi connectivity index (χ2n) is 11.3. The van der Waals surface area contributed by atoms with Crippen molar-refractivity contribution >= 4 is 39.7 Å². The van der Waals surface area contributed by atoms with Crippen molar-refractivity contribution in [3.05, 3.63) is 152 Å². The number of aromatic nitrogens is 3. The molecule has 0 spiro atoms. The molecular formula is C40H28N3O2P. The molecule has 0 N–H and O–H groups in total. The maximum absolute atomic E-state index is 14.1. The predicted molar refractivity (Wildman–Crippen MR) is 188 cm³/mol. The SMILES string of the molecule is CP(=O)(c1ccccc1)c1cccc(-c2nc(-c3cccc(-c4ccccc4)c3)nc(-c3cccc4c3oc3ccccc34)n2)c1. The summed E-state index contributed by atoms with van der Waals surface area (Å²) in [6.07, 6.45) is 0. The summed E-state index contributed by atoms with van der Waals surface area (Å²) in [5.41, 5.74) is 6.11. The summed E-state index contributed by atoms with van der Waals surface area (Å²) in [6, 6.07) is 49.9. The Morgan fingerprint density at radius 3 is 1.80 bits per heavy atom. The average molecular weight is 614 g/mol. The van der Waals surface area contributed by atoms with Crippen LogP contribution in [0.5, 0.6) is 0 Å². The normalized spacial score (nSPS) is 12.7. The van der Waals surface area contributed by atoms with E-state index in [0.717, 1.165) is 60.4 Å². The predicted octanol–water partition coefficient (Wildman–Crippen LogP) is 9.38. The Bertz CT molecular complexity index is 2420. The van der Waals surface area contributed by atoms with Gasteiger partial charge in [0.2, 0.25) is 0 Å². The van der Waals surface area contributed by atoms with Crippen LogP contribution in [-0.2, 0) is 4.57 Å². The molecule has 2 heterocycles. The molecule has 0 aliphatic heterocycles. The molecule has 6 heteroatoms. The van der Waals surface area contributed by atoms with Gasteiger partial charge < -0.3 is 8.98 Å². The highest BCUT2D eigenvalue weighted by Crippen LogP contribution is 2.40. The first-order chi connectivity index (χ1) is 22.5. The van der Waals surface area contributed by atoms with Crippen LogP contribution >= 0.6 is 7.14 Å². The van der Waals surface area contributed by atoms with Crippen molar-refractivity contribution in [2.75, 3.05) is 6.66 Å². The van der Waals surface area contributed by atoms with Gasteiger partial charge in [-0.25, -0.2) is 15.0 Å². The van der Waals surface area contributed by atoms with Crippen molar-refractivity contribution in [2.45, 2.75) is 0 Å². The minimum Gasteiger partial charge on any atom is -0.455 e. The third-order valence-corrected chi connectivity index (χ3v) is 10.9. The van der Waals surface area contributed by atoms with Gasteiger partial charge in [-0.2, -0.15) is 0 Å². The minimum absolute atomic E-state index is 0.494. The molecule has 0 amide bonds. The van der Waals surface area contributed by atoms with Crippen LogP contribution in [0.15, 0.2) is 156 Å². The van der Waals surface area contributed by atoms with E-state index in [-0.39, 0.29) is 0 Å². The molecule has 8 rings (SSSR count). The molecule has 220 valence electrons. The molecule has 5 nitrogen and oxygen atoms in total. The van der Waals surface area contributed by atoms with Gasteiger partial charge in [-0.3, -0.25) is 0 Å². The van der Waals surface area contributed by atoms with E-state index in [9.17, 15) is 4.57 Å². The first-order valence-electron chi connectivity index (χ1n) is 15.1. The molecule has 1 atom stereocenters. The Morgan fingerprint density at radius 1 is 0.478 bits per heavy atom. The van der Waals surface area contributed by atoms with Crippen molar-refractivity contribution in [1.29, 1.82) is 0 Å². The molecule has 2 aromatic heterocycles. The van der Waals surface area contributed by atoms with E-state index in [1.165, 1.54) is 0 Å². The largest absolute Gasteiger partial charge is 0.455 e. The van der Waals surface area contributed by atoms with Crippen molar-refractivity contribution in [3.8, 4) is 45.3 Å². The van der Waals surface area contributed by atoms with Crippen molar-refractivity contribution in [2.24, 2.45) is 0 Å². The van der Waals surface area contributed by atoms with E-state index in [2.05, 4.69) is 36.4 Å². The highest BCUT2D eigenvalue weighted by molar-refractivity contribution is 7.78. The second kappa shape index (κ2) is 11.4. The van der Waals surface area contributed by atoms with Gasteiger partial charge in [0.15, 0.2) is 17.5 Å². The van der Waals surface area contributed by atoms with Crippen LogP contribution in [0.25, 0.3) is 67.2 Å². The van der Waals surface area contributed by atoms with Gasteiger partial charge in [-0.1, -0.05) is 127 Å². The van der Waals surface area contributed by atoms with E-state index >= 15 is 0 Å². The van der Waals surface area contributed by atoms with Crippen LogP contribution in [0.1, 0.15) is 0 Å². The Balaban J connectivity index is 1.33. The van der Waals surface area contributed by atoms with Crippen LogP contribution in [0.2, 0.25) is 0 Å². The topological polar surface area (TPSA) is 68.9 Å². The van der Waals surface area contributed by atoms with Crippen LogP contribution in [-0.4, -0.2) is 21.6 Å². The van der Waals surface area contributed by atoms with Crippen molar-refractivity contribution in [3.63, 3.8) is 0 Å². The Labute approximate surface area is 266 Å². The highest BCUT2D eigenvalue weighted by Gasteiger charge is 2.23. The highest BCUT2D eigenvalue weighted by atomic mass is 31.2. The molecule has 0 aliphatic carbocycles. The van der Waals surface area contributed by atoms with Gasteiger partial charge in [0.1, 0.15) is 18.3 Å². The van der Waals surface area contributed by atoms with Gasteiger partial charge >= 0.3 is 0 Å². The molecule has 6 aromatic carbocycles. The first-order valence-corrected chi connectivity index (χ1v) is 17.3. The molecule has 0 radical (unpaired) electrons. The maximum Gasteiger partial charge on any atom is 0.167 e. The lowest BCUT2D eigenvalue weighted by molar-refractivity contribution is 0.590. The van der Waals surface area contributed by atoms with Crippen molar-refractivity contribution in [1.82, 2.24) is 15.0 Å². The number of fused-ring (bicyclic) bond motifs is 3. The number of rotatable bonds is 6. The maximum atomic E-state index is 14.1. The molecule has 0 saturated carbocycles. The van der Waals surface area contributed by atoms with Gasteiger partial charge in [0.05, 0.1) is 5.56 Å². The number of benzene rings is 6. The Hall–Kier alpha value is -5.64. The number of furan rings is 1. The zero-order valence-corrected chi connectivity index (χ0v) is 25.9. The monoisotopic (exact) mass is 613 g/mol. The zero-order valence-electron chi connectivity index (χ0n) is 25.0. The smallest absolute Gasteiger partial charge is 0.167 e. The number of hydrogen-bond donors (Lipinski definition) is 0. The summed E-state index contributed by atoms with van der Waals surface area (Å²) in [5, 5.41) is 3.58. The molecule has 0 saturated heterocycles. The van der Waals surface area contributed by atoms with Crippen LogP contribution in [0.3, 0.4) is 0 Å². The quantitative estimate of drug-likeness (QED) is 0.175. The number of para-hydroxylation sites is 2. The summed E-state index contributed by atoms with van der Waals surface area (Å²) in [4.78, 5) is 15.1. The molecular weight excluding hydrogens is 585 g/mol. The summed E-state index contributed by atoms with van der Waals surface area (Å²) in [6.45, 7) is 1.81. The van der Waals surface area contributed by atoms with E-state index in [1.807, 2.05) is 122 Å². The van der Waals surface area contributed by atoms with Gasteiger partial charge in [-0.15, -0.1) is 0 Å². The molecule has 46 heavy (non-hydrogen) atoms. The van der Waals surface area contributed by atoms with Gasteiger partial charge in [-0.05, 0) is 42.1 Å². The van der Waals surface area contributed by atoms with E-state index in [4.69, 9.17) is 19.4 Å². The van der Waals surface area contributed by atoms with Gasteiger partial charge in [0.25, 0.3) is 0 Å². The third kappa shape index (κ3) is 5.01. The Kier molecular flexibility index (Phi) is 6.89. The van der Waals surface area contributed by atoms with Crippen LogP contribution < -0.4 is 10.6 Å². The molecule has 1 unspecified atom stereocenters. The minimum atomic E-state index is -2.86. The van der Waals surface area contributed by atoms with Crippen LogP contribution in [0, 0.1) is 0 Å². The number of hydrogen-bond acceptors (Lipinski definition) is 5. The summed E-state index contributed by atoms with van der Waals surface area (Å²) < 4.78 is 20.5. The standard InChI is InChI=1S/C40H28N3O2P/c1-46(44,31-18-6-3-7-19-31)32-20-11-17-30(26-32)39-41-38(29-16-10-15-28(25-29)27-13-4-2-5-14-27)42-40(43-39)35-23-12-22-34-33-21-8-9-24-36(33)45-37(34)35/h2-26H,1H3. The third-order valence-electron chi connectivity index (χ3n) is 8.35. The average Bonchev–Trinajstić information content (AvgIpc) is 3.51. The van der Waals surface area contributed by atoms with Crippen LogP contribution in [0.4, 0.5) is 0 Å². The molecule has 0 bridgehead atoms. The fourth-order valence-electron chi connectivity index (χ4n) is 5.92. The van der Waals surface area contributed by atoms with E-state index in [1.54, 1.807) is 0 Å². The second-order valence-corrected chi connectivity index (χ2v) is 14.2. The fraction of sp³-hybridized carbons (Fsp3) is 0.0250. The van der Waals surface area contributed by atoms with E-state index in [0.29, 0.717) is 17.5 Å². The Morgan fingerprint density at radius 2 is 1.02 bits per heavy atom. The summed E-state index contributed by atoms with van der Waals surface area (Å²) in [7, 11) is -2.86. The first kappa shape index (κ1) is 27.9. The lowest BCUT2D eigenvalue weighted by atomic mass is 10.0. The molecule has 0 fully saturated rings. The van der Waals surface area contributed by atoms with Crippen molar-refractivity contribution < 1.29 is 8.98 Å².